The maximum Gasteiger partial charge on any atom is 0.00106 e. The Balaban J connectivity index is 1.86. The molecule has 3 unspecified atom stereocenters. The van der Waals surface area contributed by atoms with Crippen LogP contribution in [0.1, 0.15) is 52.9 Å². The van der Waals surface area contributed by atoms with Crippen molar-refractivity contribution in [3.05, 3.63) is 0 Å². The van der Waals surface area contributed by atoms with Crippen molar-refractivity contribution in [1.82, 2.24) is 5.32 Å². The highest BCUT2D eigenvalue weighted by molar-refractivity contribution is 5.00. The number of hydrogen-bond acceptors (Lipinski definition) is 1. The lowest BCUT2D eigenvalue weighted by molar-refractivity contribution is 0.149. The van der Waals surface area contributed by atoms with Crippen molar-refractivity contribution in [2.24, 2.45) is 23.2 Å². The van der Waals surface area contributed by atoms with E-state index in [2.05, 4.69) is 26.1 Å². The maximum absolute atomic E-state index is 3.70. The fourth-order valence-electron chi connectivity index (χ4n) is 3.94. The van der Waals surface area contributed by atoms with Crippen molar-refractivity contribution in [2.45, 2.75) is 52.9 Å². The van der Waals surface area contributed by atoms with Gasteiger partial charge in [0.05, 0.1) is 0 Å². The van der Waals surface area contributed by atoms with Crippen molar-refractivity contribution in [1.29, 1.82) is 0 Å². The van der Waals surface area contributed by atoms with Crippen LogP contribution in [0.2, 0.25) is 0 Å². The van der Waals surface area contributed by atoms with Crippen LogP contribution in [0.3, 0.4) is 0 Å². The largest absolute Gasteiger partial charge is 0.316 e. The summed E-state index contributed by atoms with van der Waals surface area (Å²) in [5, 5.41) is 3.70. The van der Waals surface area contributed by atoms with Crippen LogP contribution in [0, 0.1) is 23.2 Å². The summed E-state index contributed by atoms with van der Waals surface area (Å²) in [7, 11) is 0. The van der Waals surface area contributed by atoms with Gasteiger partial charge in [0, 0.05) is 6.54 Å². The van der Waals surface area contributed by atoms with E-state index in [1.54, 1.807) is 0 Å². The van der Waals surface area contributed by atoms with Gasteiger partial charge >= 0.3 is 0 Å². The lowest BCUT2D eigenvalue weighted by Gasteiger charge is -2.37. The first-order valence-corrected chi connectivity index (χ1v) is 6.87. The van der Waals surface area contributed by atoms with Gasteiger partial charge in [0.25, 0.3) is 0 Å². The molecule has 2 aliphatic carbocycles. The van der Waals surface area contributed by atoms with E-state index in [-0.39, 0.29) is 0 Å². The summed E-state index contributed by atoms with van der Waals surface area (Å²) in [6.45, 7) is 9.47. The van der Waals surface area contributed by atoms with Crippen LogP contribution >= 0.6 is 0 Å². The van der Waals surface area contributed by atoms with E-state index in [4.69, 9.17) is 0 Å². The van der Waals surface area contributed by atoms with Gasteiger partial charge in [-0.05, 0) is 55.4 Å². The molecule has 0 spiro atoms. The summed E-state index contributed by atoms with van der Waals surface area (Å²) in [5.74, 6) is 2.92. The van der Waals surface area contributed by atoms with Gasteiger partial charge in [0.15, 0.2) is 0 Å². The fraction of sp³-hybridized carbons (Fsp3) is 1.00. The Kier molecular flexibility index (Phi) is 3.39. The first-order chi connectivity index (χ1) is 7.16. The summed E-state index contributed by atoms with van der Waals surface area (Å²) in [4.78, 5) is 0. The van der Waals surface area contributed by atoms with Gasteiger partial charge < -0.3 is 5.32 Å². The molecule has 1 N–H and O–H groups in total. The molecule has 0 saturated heterocycles. The first kappa shape index (κ1) is 11.4. The normalized spacial score (nSPS) is 39.2. The van der Waals surface area contributed by atoms with E-state index in [0.29, 0.717) is 5.41 Å². The lowest BCUT2D eigenvalue weighted by Crippen LogP contribution is -2.39. The third-order valence-corrected chi connectivity index (χ3v) is 4.84. The molecular weight excluding hydrogens is 182 g/mol. The average molecular weight is 209 g/mol. The minimum Gasteiger partial charge on any atom is -0.316 e. The topological polar surface area (TPSA) is 12.0 Å². The van der Waals surface area contributed by atoms with Gasteiger partial charge in [0.1, 0.15) is 0 Å². The summed E-state index contributed by atoms with van der Waals surface area (Å²) in [6.07, 6.45) is 7.48. The summed E-state index contributed by atoms with van der Waals surface area (Å²) >= 11 is 0. The lowest BCUT2D eigenvalue weighted by atomic mass is 9.71. The zero-order chi connectivity index (χ0) is 10.9. The van der Waals surface area contributed by atoms with Gasteiger partial charge in [-0.25, -0.2) is 0 Å². The second kappa shape index (κ2) is 4.45. The highest BCUT2D eigenvalue weighted by atomic mass is 14.9. The van der Waals surface area contributed by atoms with Crippen LogP contribution in [0.15, 0.2) is 0 Å². The number of hydrogen-bond donors (Lipinski definition) is 1. The van der Waals surface area contributed by atoms with Crippen LogP contribution in [0.4, 0.5) is 0 Å². The Morgan fingerprint density at radius 2 is 2.13 bits per heavy atom. The molecule has 0 radical (unpaired) electrons. The second-order valence-corrected chi connectivity index (χ2v) is 6.32. The highest BCUT2D eigenvalue weighted by Crippen LogP contribution is 2.57. The average Bonchev–Trinajstić information content (AvgIpc) is 2.77. The Morgan fingerprint density at radius 1 is 1.33 bits per heavy atom. The summed E-state index contributed by atoms with van der Waals surface area (Å²) < 4.78 is 0. The van der Waals surface area contributed by atoms with Gasteiger partial charge in [-0.2, -0.15) is 0 Å². The third-order valence-electron chi connectivity index (χ3n) is 4.84. The van der Waals surface area contributed by atoms with Gasteiger partial charge in [-0.15, -0.1) is 0 Å². The SMILES string of the molecule is CCC1(CNCC(C)C)CC2CCC1C2. The molecule has 2 saturated carbocycles. The Hall–Kier alpha value is -0.0400. The van der Waals surface area contributed by atoms with Gasteiger partial charge in [0.2, 0.25) is 0 Å². The summed E-state index contributed by atoms with van der Waals surface area (Å²) in [6, 6.07) is 0. The van der Waals surface area contributed by atoms with Crippen molar-refractivity contribution in [2.75, 3.05) is 13.1 Å². The van der Waals surface area contributed by atoms with Crippen LogP contribution in [-0.2, 0) is 0 Å². The number of fused-ring (bicyclic) bond motifs is 2. The molecule has 2 fully saturated rings. The van der Waals surface area contributed by atoms with Crippen LogP contribution in [0.5, 0.6) is 0 Å². The van der Waals surface area contributed by atoms with E-state index in [0.717, 1.165) is 17.8 Å². The maximum atomic E-state index is 3.70. The second-order valence-electron chi connectivity index (χ2n) is 6.32. The monoisotopic (exact) mass is 209 g/mol. The van der Waals surface area contributed by atoms with E-state index >= 15 is 0 Å². The predicted octanol–water partition coefficient (Wildman–Crippen LogP) is 3.45. The molecular formula is C14H27N. The van der Waals surface area contributed by atoms with Crippen molar-refractivity contribution in [3.63, 3.8) is 0 Å². The molecule has 0 heterocycles. The molecule has 15 heavy (non-hydrogen) atoms. The molecule has 1 heteroatoms. The molecule has 0 amide bonds. The van der Waals surface area contributed by atoms with Crippen molar-refractivity contribution in [3.8, 4) is 0 Å². The zero-order valence-electron chi connectivity index (χ0n) is 10.7. The molecule has 2 aliphatic rings. The molecule has 0 aromatic rings. The number of rotatable bonds is 5. The Bertz CT molecular complexity index is 211. The van der Waals surface area contributed by atoms with Crippen LogP contribution in [-0.4, -0.2) is 13.1 Å². The molecule has 2 rings (SSSR count). The predicted molar refractivity (Wildman–Crippen MR) is 65.9 cm³/mol. The molecule has 1 nitrogen and oxygen atoms in total. The third kappa shape index (κ3) is 2.22. The fourth-order valence-corrected chi connectivity index (χ4v) is 3.94. The smallest absolute Gasteiger partial charge is 0.00106 e. The van der Waals surface area contributed by atoms with Crippen molar-refractivity contribution >= 4 is 0 Å². The summed E-state index contributed by atoms with van der Waals surface area (Å²) in [5.41, 5.74) is 0.678. The van der Waals surface area contributed by atoms with E-state index in [1.807, 2.05) is 0 Å². The zero-order valence-corrected chi connectivity index (χ0v) is 10.7. The van der Waals surface area contributed by atoms with Crippen molar-refractivity contribution < 1.29 is 0 Å². The molecule has 3 atom stereocenters. The quantitative estimate of drug-likeness (QED) is 0.731. The molecule has 0 aliphatic heterocycles. The van der Waals surface area contributed by atoms with Crippen LogP contribution in [0.25, 0.3) is 0 Å². The molecule has 0 aromatic heterocycles. The molecule has 88 valence electrons. The van der Waals surface area contributed by atoms with Gasteiger partial charge in [-0.3, -0.25) is 0 Å². The van der Waals surface area contributed by atoms with E-state index in [1.165, 1.54) is 45.2 Å². The molecule has 2 bridgehead atoms. The van der Waals surface area contributed by atoms with E-state index in [9.17, 15) is 0 Å². The Morgan fingerprint density at radius 3 is 2.60 bits per heavy atom. The highest BCUT2D eigenvalue weighted by Gasteiger charge is 2.49. The Labute approximate surface area is 95.0 Å². The first-order valence-electron chi connectivity index (χ1n) is 6.87. The van der Waals surface area contributed by atoms with Gasteiger partial charge in [-0.1, -0.05) is 27.2 Å². The minimum absolute atomic E-state index is 0.678. The van der Waals surface area contributed by atoms with E-state index < -0.39 is 0 Å². The minimum atomic E-state index is 0.678. The molecule has 0 aromatic carbocycles. The van der Waals surface area contributed by atoms with Crippen LogP contribution < -0.4 is 5.32 Å². The number of nitrogens with one attached hydrogen (secondary N) is 1. The standard InChI is InChI=1S/C14H27N/c1-4-14(10-15-9-11(2)3)8-12-5-6-13(14)7-12/h11-13,15H,4-10H2,1-3H3.